The van der Waals surface area contributed by atoms with Gasteiger partial charge in [0, 0.05) is 31.7 Å². The molecule has 0 aliphatic heterocycles. The minimum absolute atomic E-state index is 0.161. The molecule has 0 saturated heterocycles. The zero-order valence-corrected chi connectivity index (χ0v) is 10.8. The molecule has 0 bridgehead atoms. The van der Waals surface area contributed by atoms with Crippen molar-refractivity contribution in [3.63, 3.8) is 0 Å². The number of hydrogen-bond donors (Lipinski definition) is 0. The van der Waals surface area contributed by atoms with E-state index in [0.717, 1.165) is 12.0 Å². The van der Waals surface area contributed by atoms with Crippen LogP contribution in [0.2, 0.25) is 0 Å². The van der Waals surface area contributed by atoms with E-state index >= 15 is 0 Å². The van der Waals surface area contributed by atoms with Crippen LogP contribution in [0.4, 0.5) is 8.78 Å². The van der Waals surface area contributed by atoms with Crippen molar-refractivity contribution in [2.24, 2.45) is 7.05 Å². The number of aromatic nitrogens is 2. The lowest BCUT2D eigenvalue weighted by molar-refractivity contribution is 0.0919. The number of hydrogen-bond acceptors (Lipinski definition) is 2. The molecule has 3 nitrogen and oxygen atoms in total. The monoisotopic (exact) mass is 295 g/mol. The highest BCUT2D eigenvalue weighted by molar-refractivity contribution is 9.09. The number of alkyl halides is 3. The van der Waals surface area contributed by atoms with E-state index in [1.807, 2.05) is 13.2 Å². The summed E-state index contributed by atoms with van der Waals surface area (Å²) in [6.45, 7) is 1.12. The topological polar surface area (TPSA) is 21.1 Å². The molecule has 0 unspecified atom stereocenters. The van der Waals surface area contributed by atoms with E-state index in [2.05, 4.69) is 21.0 Å². The van der Waals surface area contributed by atoms with Gasteiger partial charge >= 0.3 is 0 Å². The fourth-order valence-corrected chi connectivity index (χ4v) is 2.00. The van der Waals surface area contributed by atoms with E-state index < -0.39 is 6.43 Å². The van der Waals surface area contributed by atoms with Gasteiger partial charge < -0.3 is 0 Å². The summed E-state index contributed by atoms with van der Waals surface area (Å²) in [5.41, 5.74) is 1.08. The molecule has 1 aromatic rings. The maximum atomic E-state index is 12.3. The SMILES string of the molecule is Cn1cc(CCN(CCBr)CC(F)F)cn1. The first-order chi connectivity index (χ1) is 7.61. The lowest BCUT2D eigenvalue weighted by Gasteiger charge is -2.20. The highest BCUT2D eigenvalue weighted by Crippen LogP contribution is 2.03. The maximum absolute atomic E-state index is 12.3. The predicted molar refractivity (Wildman–Crippen MR) is 63.2 cm³/mol. The Hall–Kier alpha value is -0.490. The van der Waals surface area contributed by atoms with Crippen molar-refractivity contribution in [1.29, 1.82) is 0 Å². The van der Waals surface area contributed by atoms with Gasteiger partial charge in [0.05, 0.1) is 12.7 Å². The molecule has 1 rings (SSSR count). The Balaban J connectivity index is 2.36. The van der Waals surface area contributed by atoms with Crippen LogP contribution in [0, 0.1) is 0 Å². The van der Waals surface area contributed by atoms with Gasteiger partial charge in [-0.1, -0.05) is 15.9 Å². The summed E-state index contributed by atoms with van der Waals surface area (Å²) in [5, 5.41) is 4.76. The zero-order chi connectivity index (χ0) is 12.0. The third-order valence-electron chi connectivity index (χ3n) is 2.27. The fraction of sp³-hybridized carbons (Fsp3) is 0.700. The predicted octanol–water partition coefficient (Wildman–Crippen LogP) is 1.92. The summed E-state index contributed by atoms with van der Waals surface area (Å²) in [5.74, 6) is 0. The maximum Gasteiger partial charge on any atom is 0.251 e. The van der Waals surface area contributed by atoms with Crippen molar-refractivity contribution >= 4 is 15.9 Å². The summed E-state index contributed by atoms with van der Waals surface area (Å²) in [6, 6.07) is 0. The molecule has 1 heterocycles. The Labute approximate surface area is 103 Å². The van der Waals surface area contributed by atoms with Crippen LogP contribution < -0.4 is 0 Å². The molecule has 0 aliphatic rings. The normalized spacial score (nSPS) is 11.6. The van der Waals surface area contributed by atoms with E-state index in [1.54, 1.807) is 15.8 Å². The summed E-state index contributed by atoms with van der Waals surface area (Å²) >= 11 is 3.27. The standard InChI is InChI=1S/C10H16BrF2N3/c1-15-7-9(6-14-15)2-4-16(5-3-11)8-10(12)13/h6-7,10H,2-5,8H2,1H3. The Morgan fingerprint density at radius 2 is 2.25 bits per heavy atom. The van der Waals surface area contributed by atoms with Gasteiger partial charge in [0.1, 0.15) is 0 Å². The molecular weight excluding hydrogens is 280 g/mol. The lowest BCUT2D eigenvalue weighted by Crippen LogP contribution is -2.32. The van der Waals surface area contributed by atoms with Crippen LogP contribution in [0.15, 0.2) is 12.4 Å². The summed E-state index contributed by atoms with van der Waals surface area (Å²) < 4.78 is 26.2. The number of rotatable bonds is 7. The Morgan fingerprint density at radius 1 is 1.50 bits per heavy atom. The second-order valence-electron chi connectivity index (χ2n) is 3.65. The highest BCUT2D eigenvalue weighted by Gasteiger charge is 2.11. The first-order valence-corrected chi connectivity index (χ1v) is 6.28. The fourth-order valence-electron chi connectivity index (χ4n) is 1.50. The van der Waals surface area contributed by atoms with E-state index in [4.69, 9.17) is 0 Å². The highest BCUT2D eigenvalue weighted by atomic mass is 79.9. The van der Waals surface area contributed by atoms with Crippen molar-refractivity contribution in [3.8, 4) is 0 Å². The molecule has 0 atom stereocenters. The van der Waals surface area contributed by atoms with Gasteiger partial charge in [-0.05, 0) is 12.0 Å². The Kier molecular flexibility index (Phi) is 5.90. The van der Waals surface area contributed by atoms with E-state index in [0.29, 0.717) is 18.4 Å². The minimum Gasteiger partial charge on any atom is -0.297 e. The van der Waals surface area contributed by atoms with E-state index in [1.165, 1.54) is 0 Å². The van der Waals surface area contributed by atoms with Crippen LogP contribution in [0.5, 0.6) is 0 Å². The summed E-state index contributed by atoms with van der Waals surface area (Å²) in [4.78, 5) is 1.76. The first-order valence-electron chi connectivity index (χ1n) is 5.16. The van der Waals surface area contributed by atoms with E-state index in [-0.39, 0.29) is 6.54 Å². The van der Waals surface area contributed by atoms with Crippen LogP contribution in [-0.4, -0.2) is 46.1 Å². The molecule has 0 N–H and O–H groups in total. The first kappa shape index (κ1) is 13.6. The van der Waals surface area contributed by atoms with Crippen LogP contribution in [0.1, 0.15) is 5.56 Å². The van der Waals surface area contributed by atoms with Gasteiger partial charge in [-0.3, -0.25) is 9.58 Å². The second-order valence-corrected chi connectivity index (χ2v) is 4.45. The summed E-state index contributed by atoms with van der Waals surface area (Å²) in [6.07, 6.45) is 2.17. The third kappa shape index (κ3) is 5.03. The van der Waals surface area contributed by atoms with Crippen LogP contribution in [0.3, 0.4) is 0 Å². The van der Waals surface area contributed by atoms with Gasteiger partial charge in [0.15, 0.2) is 0 Å². The third-order valence-corrected chi connectivity index (χ3v) is 2.63. The lowest BCUT2D eigenvalue weighted by atomic mass is 10.2. The van der Waals surface area contributed by atoms with Gasteiger partial charge in [0.25, 0.3) is 6.43 Å². The average molecular weight is 296 g/mol. The molecular formula is C10H16BrF2N3. The molecule has 16 heavy (non-hydrogen) atoms. The van der Waals surface area contributed by atoms with Crippen LogP contribution in [0.25, 0.3) is 0 Å². The number of nitrogens with zero attached hydrogens (tertiary/aromatic N) is 3. The van der Waals surface area contributed by atoms with Crippen molar-refractivity contribution in [2.75, 3.05) is 25.0 Å². The van der Waals surface area contributed by atoms with Gasteiger partial charge in [-0.2, -0.15) is 5.10 Å². The molecule has 6 heteroatoms. The molecule has 92 valence electrons. The second kappa shape index (κ2) is 6.96. The molecule has 0 amide bonds. The van der Waals surface area contributed by atoms with Gasteiger partial charge in [-0.15, -0.1) is 0 Å². The molecule has 0 radical (unpaired) electrons. The molecule has 1 aromatic heterocycles. The van der Waals surface area contributed by atoms with Crippen molar-refractivity contribution in [2.45, 2.75) is 12.8 Å². The Morgan fingerprint density at radius 3 is 2.75 bits per heavy atom. The molecule has 0 aromatic carbocycles. The minimum atomic E-state index is -2.27. The molecule has 0 fully saturated rings. The molecule has 0 spiro atoms. The van der Waals surface area contributed by atoms with Crippen LogP contribution in [-0.2, 0) is 13.5 Å². The molecule has 0 aliphatic carbocycles. The van der Waals surface area contributed by atoms with E-state index in [9.17, 15) is 8.78 Å². The largest absolute Gasteiger partial charge is 0.297 e. The van der Waals surface area contributed by atoms with Crippen LogP contribution >= 0.6 is 15.9 Å². The number of aryl methyl sites for hydroxylation is 1. The van der Waals surface area contributed by atoms with Crippen molar-refractivity contribution in [3.05, 3.63) is 18.0 Å². The Bertz CT molecular complexity index is 304. The zero-order valence-electron chi connectivity index (χ0n) is 9.24. The number of halogens is 3. The smallest absolute Gasteiger partial charge is 0.251 e. The van der Waals surface area contributed by atoms with Gasteiger partial charge in [0.2, 0.25) is 0 Å². The van der Waals surface area contributed by atoms with Gasteiger partial charge in [-0.25, -0.2) is 8.78 Å². The van der Waals surface area contributed by atoms with Crippen molar-refractivity contribution in [1.82, 2.24) is 14.7 Å². The quantitative estimate of drug-likeness (QED) is 0.717. The molecule has 0 saturated carbocycles. The average Bonchev–Trinajstić information content (AvgIpc) is 2.60. The summed E-state index contributed by atoms with van der Waals surface area (Å²) in [7, 11) is 1.85. The van der Waals surface area contributed by atoms with Crippen molar-refractivity contribution < 1.29 is 8.78 Å².